The van der Waals surface area contributed by atoms with Crippen LogP contribution < -0.4 is 58.9 Å². The second kappa shape index (κ2) is 41.7. The zero-order valence-electron chi connectivity index (χ0n) is 55.3. The van der Waals surface area contributed by atoms with Crippen molar-refractivity contribution >= 4 is 101 Å². The molecule has 0 saturated carbocycles. The number of amides is 17. The molecule has 17 amide bonds. The number of fused-ring (bicyclic) bond motifs is 2. The van der Waals surface area contributed by atoms with Gasteiger partial charge < -0.3 is 78.1 Å². The molecule has 3 fully saturated rings. The van der Waals surface area contributed by atoms with Crippen molar-refractivity contribution in [2.75, 3.05) is 26.2 Å². The third-order valence-electron chi connectivity index (χ3n) is 16.2. The lowest BCUT2D eigenvalue weighted by Gasteiger charge is -2.31. The van der Waals surface area contributed by atoms with E-state index in [2.05, 4.69) is 38.8 Å². The highest BCUT2D eigenvalue weighted by molar-refractivity contribution is 6.05. The molecule has 0 spiro atoms. The number of aliphatic hydroxyl groups excluding tert-OH is 1. The van der Waals surface area contributed by atoms with Crippen molar-refractivity contribution in [1.82, 2.24) is 67.9 Å². The average molecular weight is 1360 g/mol. The number of carbonyl (C=O) groups excluding carboxylic acids is 14. The lowest BCUT2D eigenvalue weighted by Crippen LogP contribution is -2.61. The van der Waals surface area contributed by atoms with Crippen LogP contribution in [0.3, 0.4) is 0 Å². The fourth-order valence-corrected chi connectivity index (χ4v) is 11.3. The van der Waals surface area contributed by atoms with E-state index in [1.165, 1.54) is 19.3 Å². The van der Waals surface area contributed by atoms with Gasteiger partial charge in [0.1, 0.15) is 48.3 Å². The van der Waals surface area contributed by atoms with Crippen molar-refractivity contribution in [2.45, 2.75) is 249 Å². The van der Waals surface area contributed by atoms with Gasteiger partial charge in [0.05, 0.1) is 19.1 Å². The van der Waals surface area contributed by atoms with Crippen LogP contribution in [0, 0.1) is 5.92 Å². The number of carboxylic acids is 3. The Kier molecular flexibility index (Phi) is 35.3. The number of rotatable bonds is 29. The Morgan fingerprint density at radius 2 is 1.02 bits per heavy atom. The molecular formula is C61H98N14O21. The van der Waals surface area contributed by atoms with E-state index in [1.54, 1.807) is 26.1 Å². The van der Waals surface area contributed by atoms with Crippen LogP contribution in [0.25, 0.3) is 0 Å². The van der Waals surface area contributed by atoms with Crippen LogP contribution >= 0.6 is 0 Å². The van der Waals surface area contributed by atoms with Crippen LogP contribution in [0.1, 0.15) is 189 Å². The zero-order chi connectivity index (χ0) is 71.8. The minimum Gasteiger partial charge on any atom is -0.481 e. The van der Waals surface area contributed by atoms with Gasteiger partial charge in [0, 0.05) is 51.4 Å². The molecule has 3 heterocycles. The fraction of sp³-hybridized carbons (Fsp3) is 0.721. The van der Waals surface area contributed by atoms with Crippen molar-refractivity contribution < 1.29 is 102 Å². The predicted octanol–water partition coefficient (Wildman–Crippen LogP) is -1.05. The molecule has 0 aromatic rings. The number of unbranched alkanes of at least 4 members (excludes halogenated alkanes) is 10. The molecule has 0 bridgehead atoms. The van der Waals surface area contributed by atoms with E-state index in [0.29, 0.717) is 6.42 Å². The predicted molar refractivity (Wildman–Crippen MR) is 337 cm³/mol. The topological polar surface area (TPSA) is 527 Å². The molecule has 3 aliphatic heterocycles. The average Bonchev–Trinajstić information content (AvgIpc) is 1.65. The molecule has 3 aliphatic rings. The normalized spacial score (nSPS) is 24.0. The number of hydrogen-bond donors (Lipinski definition) is 15. The molecule has 0 radical (unpaired) electrons. The van der Waals surface area contributed by atoms with Crippen molar-refractivity contribution in [3.05, 3.63) is 0 Å². The van der Waals surface area contributed by atoms with Gasteiger partial charge in [0.2, 0.25) is 47.3 Å². The first-order valence-electron chi connectivity index (χ1n) is 32.9. The van der Waals surface area contributed by atoms with Gasteiger partial charge in [-0.2, -0.15) is 0 Å². The number of imide groups is 3. The maximum atomic E-state index is 14.7. The molecular weight excluding hydrogens is 1260 g/mol. The molecule has 0 unspecified atom stereocenters. The third-order valence-corrected chi connectivity index (χ3v) is 16.2. The van der Waals surface area contributed by atoms with Crippen LogP contribution in [0.4, 0.5) is 14.4 Å². The molecule has 538 valence electrons. The summed E-state index contributed by atoms with van der Waals surface area (Å²) in [5.74, 6) is -17.1. The summed E-state index contributed by atoms with van der Waals surface area (Å²) in [5, 5.41) is 61.4. The van der Waals surface area contributed by atoms with E-state index in [9.17, 15) is 102 Å². The standard InChI is InChI=1S/C61H98N14O21/c1-6-8-9-10-11-12-13-14-15-16-17-20-45(78)63-36-30-43-55(90)65-37(21-24-44(62)77)52(87)70-61(96)68-41(31-49(84)85)58(93)74-28-18-19-42(74)54(89)64-38(22-25-47(80)81)51(86)69-50(35(5)76)56(91)72-59(94)66-39(23-26-48(82)83)53(88)71-60(95)67-40(29-34(3)4)57(92)73(27-7-2)33-46(79)75(43)32-36/h34-43,50,76H,6-33H2,1-5H3,(H2,62,77)(H,63,78)(H,64,89)(H,65,90)(H,69,86)(H,80,81)(H,82,83)(H,84,85)(H2,66,72,91,94)(H2,67,71,88,95)(H2,68,70,87,96)/t35-,36+,37+,38-,39+,40-,41+,42+,43+,50+/m1/s1. The monoisotopic (exact) mass is 1360 g/mol. The summed E-state index contributed by atoms with van der Waals surface area (Å²) in [6.45, 7) is 6.65. The van der Waals surface area contributed by atoms with Crippen LogP contribution in [-0.2, 0) is 67.1 Å². The van der Waals surface area contributed by atoms with Gasteiger partial charge in [-0.25, -0.2) is 14.4 Å². The molecule has 96 heavy (non-hydrogen) atoms. The molecule has 0 aromatic heterocycles. The number of primary amides is 1. The Morgan fingerprint density at radius 1 is 0.531 bits per heavy atom. The number of nitrogens with two attached hydrogens (primary N) is 1. The van der Waals surface area contributed by atoms with Gasteiger partial charge in [-0.3, -0.25) is 83.1 Å². The number of aliphatic carboxylic acids is 3. The van der Waals surface area contributed by atoms with Crippen molar-refractivity contribution in [2.24, 2.45) is 11.7 Å². The van der Waals surface area contributed by atoms with Crippen LogP contribution in [-0.4, -0.2) is 223 Å². The van der Waals surface area contributed by atoms with Gasteiger partial charge >= 0.3 is 36.0 Å². The first kappa shape index (κ1) is 81.2. The molecule has 35 nitrogen and oxygen atoms in total. The van der Waals surface area contributed by atoms with E-state index < -0.39 is 213 Å². The summed E-state index contributed by atoms with van der Waals surface area (Å²) in [5.41, 5.74) is 5.44. The SMILES string of the molecule is CCCCCCCCCCCCCC(=O)N[C@H]1C[C@H]2C(=O)N[C@@H](CCC(N)=O)C(=O)NC(=O)N[C@@H](CC(=O)O)C(=O)N3CCC[C@H]3C(=O)N[C@H](CCC(=O)O)C(=O)N[C@@H]([C@@H](C)O)C(=O)NC(=O)N[C@@H](CCC(=O)O)C(=O)NC(=O)N[C@H](CC(C)C)C(=O)N(CCC)CC(=O)N2C1. The molecule has 3 saturated heterocycles. The number of hydrogen-bond acceptors (Lipinski definition) is 18. The summed E-state index contributed by atoms with van der Waals surface area (Å²) < 4.78 is 0. The van der Waals surface area contributed by atoms with Crippen molar-refractivity contribution in [3.63, 3.8) is 0 Å². The van der Waals surface area contributed by atoms with E-state index in [1.807, 2.05) is 16.0 Å². The number of carboxylic acid groups (broad SMARTS) is 3. The molecule has 10 atom stereocenters. The molecule has 16 N–H and O–H groups in total. The van der Waals surface area contributed by atoms with Gasteiger partial charge in [-0.05, 0) is 70.6 Å². The summed E-state index contributed by atoms with van der Waals surface area (Å²) in [6.07, 6.45) is 3.86. The van der Waals surface area contributed by atoms with Crippen molar-refractivity contribution in [3.8, 4) is 0 Å². The van der Waals surface area contributed by atoms with E-state index in [-0.39, 0.29) is 64.1 Å². The molecule has 3 rings (SSSR count). The summed E-state index contributed by atoms with van der Waals surface area (Å²) in [7, 11) is 0. The van der Waals surface area contributed by atoms with E-state index >= 15 is 0 Å². The van der Waals surface area contributed by atoms with Crippen LogP contribution in [0.15, 0.2) is 0 Å². The highest BCUT2D eigenvalue weighted by Gasteiger charge is 2.44. The van der Waals surface area contributed by atoms with Gasteiger partial charge in [-0.15, -0.1) is 0 Å². The smallest absolute Gasteiger partial charge is 0.322 e. The Bertz CT molecular complexity index is 2790. The Hall–Kier alpha value is -9.05. The Labute approximate surface area is 556 Å². The van der Waals surface area contributed by atoms with Gasteiger partial charge in [-0.1, -0.05) is 91.9 Å². The third kappa shape index (κ3) is 28.9. The highest BCUT2D eigenvalue weighted by atomic mass is 16.4. The molecule has 35 heteroatoms. The van der Waals surface area contributed by atoms with E-state index in [0.717, 1.165) is 66.6 Å². The maximum absolute atomic E-state index is 14.7. The number of aliphatic hydroxyl groups is 1. The quantitative estimate of drug-likeness (QED) is 0.0397. The minimum atomic E-state index is -2.10. The summed E-state index contributed by atoms with van der Waals surface area (Å²) >= 11 is 0. The fourth-order valence-electron chi connectivity index (χ4n) is 11.3. The maximum Gasteiger partial charge on any atom is 0.322 e. The summed E-state index contributed by atoms with van der Waals surface area (Å²) in [6, 6.07) is -19.7. The lowest BCUT2D eigenvalue weighted by molar-refractivity contribution is -0.145. The molecule has 0 aromatic carbocycles. The zero-order valence-corrected chi connectivity index (χ0v) is 55.3. The van der Waals surface area contributed by atoms with Gasteiger partial charge in [0.15, 0.2) is 0 Å². The number of urea groups is 3. The first-order valence-corrected chi connectivity index (χ1v) is 32.9. The van der Waals surface area contributed by atoms with E-state index in [4.69, 9.17) is 5.73 Å². The minimum absolute atomic E-state index is 0.0599. The number of nitrogens with one attached hydrogen (secondary N) is 10. The summed E-state index contributed by atoms with van der Waals surface area (Å²) in [4.78, 5) is 232. The lowest BCUT2D eigenvalue weighted by atomic mass is 10.0. The van der Waals surface area contributed by atoms with Crippen molar-refractivity contribution in [1.29, 1.82) is 0 Å². The second-order valence-electron chi connectivity index (χ2n) is 24.8. The van der Waals surface area contributed by atoms with Crippen LogP contribution in [0.5, 0.6) is 0 Å². The number of nitrogens with zero attached hydrogens (tertiary/aromatic N) is 3. The second-order valence-corrected chi connectivity index (χ2v) is 24.8. The largest absolute Gasteiger partial charge is 0.481 e. The number of carbonyl (C=O) groups is 17. The first-order chi connectivity index (χ1) is 45.3. The molecule has 0 aliphatic carbocycles. The Balaban J connectivity index is 2.14. The van der Waals surface area contributed by atoms with Gasteiger partial charge in [0.25, 0.3) is 17.7 Å². The van der Waals surface area contributed by atoms with Crippen LogP contribution in [0.2, 0.25) is 0 Å². The Morgan fingerprint density at radius 3 is 1.53 bits per heavy atom. The highest BCUT2D eigenvalue weighted by Crippen LogP contribution is 2.23.